The van der Waals surface area contributed by atoms with Crippen LogP contribution in [0.3, 0.4) is 0 Å². The molecule has 1 aromatic rings. The summed E-state index contributed by atoms with van der Waals surface area (Å²) in [4.78, 5) is 2.26. The van der Waals surface area contributed by atoms with E-state index in [1.807, 2.05) is 0 Å². The highest BCUT2D eigenvalue weighted by Crippen LogP contribution is 2.24. The van der Waals surface area contributed by atoms with Gasteiger partial charge in [-0.1, -0.05) is 0 Å². The molecule has 0 aliphatic carbocycles. The molecule has 0 amide bonds. The van der Waals surface area contributed by atoms with Gasteiger partial charge >= 0.3 is 0 Å². The van der Waals surface area contributed by atoms with Crippen LogP contribution >= 0.6 is 0 Å². The number of nitrogens with zero attached hydrogens (tertiary/aromatic N) is 1. The van der Waals surface area contributed by atoms with Crippen LogP contribution in [0.15, 0.2) is 18.2 Å². The highest BCUT2D eigenvalue weighted by atomic mass is 19.1. The van der Waals surface area contributed by atoms with Crippen LogP contribution in [0.1, 0.15) is 18.0 Å². The van der Waals surface area contributed by atoms with Gasteiger partial charge in [-0.15, -0.1) is 0 Å². The minimum Gasteiger partial charge on any atom is -0.314 e. The van der Waals surface area contributed by atoms with Gasteiger partial charge in [0.25, 0.3) is 0 Å². The highest BCUT2D eigenvalue weighted by Gasteiger charge is 2.24. The lowest BCUT2D eigenvalue weighted by atomic mass is 9.97. The molecular weight excluding hydrogens is 248 g/mol. The fourth-order valence-electron chi connectivity index (χ4n) is 2.58. The average Bonchev–Trinajstić information content (AvgIpc) is 2.41. The number of hydrogen-bond donors (Lipinski definition) is 2. The third-order valence-electron chi connectivity index (χ3n) is 3.83. The summed E-state index contributed by atoms with van der Waals surface area (Å²) in [7, 11) is 3.85. The average molecular weight is 269 g/mol. The third kappa shape index (κ3) is 3.49. The summed E-state index contributed by atoms with van der Waals surface area (Å²) in [6.45, 7) is 2.84. The van der Waals surface area contributed by atoms with Crippen LogP contribution in [0.5, 0.6) is 0 Å². The zero-order chi connectivity index (χ0) is 13.8. The summed E-state index contributed by atoms with van der Waals surface area (Å²) in [6, 6.07) is 3.78. The molecular formula is C14H21F2N3. The monoisotopic (exact) mass is 269 g/mol. The highest BCUT2D eigenvalue weighted by molar-refractivity contribution is 5.22. The molecule has 2 rings (SSSR count). The molecule has 1 saturated heterocycles. The van der Waals surface area contributed by atoms with E-state index in [9.17, 15) is 8.78 Å². The number of rotatable bonds is 4. The van der Waals surface area contributed by atoms with Gasteiger partial charge in [-0.3, -0.25) is 0 Å². The van der Waals surface area contributed by atoms with Crippen molar-refractivity contribution in [3.05, 3.63) is 35.4 Å². The maximum absolute atomic E-state index is 13.8. The van der Waals surface area contributed by atoms with Crippen LogP contribution in [-0.2, 0) is 0 Å². The first kappa shape index (κ1) is 14.4. The Morgan fingerprint density at radius 3 is 2.95 bits per heavy atom. The van der Waals surface area contributed by atoms with E-state index in [1.165, 1.54) is 12.1 Å². The first-order valence-electron chi connectivity index (χ1n) is 6.65. The molecule has 1 aromatic carbocycles. The Hall–Kier alpha value is -1.04. The second kappa shape index (κ2) is 6.41. The summed E-state index contributed by atoms with van der Waals surface area (Å²) < 4.78 is 27.1. The van der Waals surface area contributed by atoms with E-state index in [4.69, 9.17) is 0 Å². The lowest BCUT2D eigenvalue weighted by Crippen LogP contribution is -2.50. The second-order valence-corrected chi connectivity index (χ2v) is 5.08. The molecule has 0 saturated carbocycles. The molecule has 1 aliphatic heterocycles. The lowest BCUT2D eigenvalue weighted by Gasteiger charge is -2.35. The van der Waals surface area contributed by atoms with Gasteiger partial charge in [0.05, 0.1) is 0 Å². The van der Waals surface area contributed by atoms with Gasteiger partial charge < -0.3 is 15.5 Å². The Kier molecular flexibility index (Phi) is 4.85. The predicted octanol–water partition coefficient (Wildman–Crippen LogP) is 1.52. The van der Waals surface area contributed by atoms with E-state index < -0.39 is 5.82 Å². The number of likely N-dealkylation sites (N-methyl/N-ethyl adjacent to an activating group) is 1. The third-order valence-corrected chi connectivity index (χ3v) is 3.83. The fourth-order valence-corrected chi connectivity index (χ4v) is 2.58. The Morgan fingerprint density at radius 2 is 2.26 bits per heavy atom. The molecule has 0 radical (unpaired) electrons. The number of halogens is 2. The van der Waals surface area contributed by atoms with Crippen molar-refractivity contribution in [1.82, 2.24) is 15.5 Å². The Bertz CT molecular complexity index is 425. The minimum absolute atomic E-state index is 0.178. The van der Waals surface area contributed by atoms with Crippen LogP contribution in [-0.4, -0.2) is 44.7 Å². The number of benzene rings is 1. The van der Waals surface area contributed by atoms with E-state index in [1.54, 1.807) is 7.05 Å². The zero-order valence-corrected chi connectivity index (χ0v) is 11.4. The molecule has 1 aliphatic rings. The van der Waals surface area contributed by atoms with Crippen molar-refractivity contribution in [3.63, 3.8) is 0 Å². The first-order chi connectivity index (χ1) is 9.11. The largest absolute Gasteiger partial charge is 0.314 e. The van der Waals surface area contributed by atoms with Crippen LogP contribution < -0.4 is 10.6 Å². The maximum Gasteiger partial charge on any atom is 0.128 e. The van der Waals surface area contributed by atoms with Crippen LogP contribution in [0.4, 0.5) is 8.78 Å². The summed E-state index contributed by atoms with van der Waals surface area (Å²) in [5.41, 5.74) is 0.404. The molecule has 3 nitrogen and oxygen atoms in total. The van der Waals surface area contributed by atoms with Gasteiger partial charge in [-0.25, -0.2) is 8.78 Å². The van der Waals surface area contributed by atoms with Crippen molar-refractivity contribution in [2.24, 2.45) is 0 Å². The van der Waals surface area contributed by atoms with Crippen molar-refractivity contribution >= 4 is 0 Å². The van der Waals surface area contributed by atoms with E-state index in [-0.39, 0.29) is 11.9 Å². The predicted molar refractivity (Wildman–Crippen MR) is 72.1 cm³/mol. The van der Waals surface area contributed by atoms with Crippen LogP contribution in [0.2, 0.25) is 0 Å². The lowest BCUT2D eigenvalue weighted by molar-refractivity contribution is 0.177. The smallest absolute Gasteiger partial charge is 0.128 e. The normalized spacial score (nSPS) is 22.4. The topological polar surface area (TPSA) is 27.3 Å². The molecule has 1 heterocycles. The second-order valence-electron chi connectivity index (χ2n) is 5.08. The molecule has 1 fully saturated rings. The van der Waals surface area contributed by atoms with Crippen molar-refractivity contribution < 1.29 is 8.78 Å². The fraction of sp³-hybridized carbons (Fsp3) is 0.571. The zero-order valence-electron chi connectivity index (χ0n) is 11.4. The van der Waals surface area contributed by atoms with Crippen molar-refractivity contribution in [1.29, 1.82) is 0 Å². The van der Waals surface area contributed by atoms with Crippen LogP contribution in [0.25, 0.3) is 0 Å². The first-order valence-corrected chi connectivity index (χ1v) is 6.65. The van der Waals surface area contributed by atoms with Crippen molar-refractivity contribution in [2.45, 2.75) is 18.5 Å². The summed E-state index contributed by atoms with van der Waals surface area (Å²) in [6.07, 6.45) is 0.750. The quantitative estimate of drug-likeness (QED) is 0.868. The van der Waals surface area contributed by atoms with E-state index in [0.29, 0.717) is 11.6 Å². The Morgan fingerprint density at radius 1 is 1.47 bits per heavy atom. The number of hydrogen-bond acceptors (Lipinski definition) is 3. The van der Waals surface area contributed by atoms with Crippen molar-refractivity contribution in [3.8, 4) is 0 Å². The molecule has 0 spiro atoms. The van der Waals surface area contributed by atoms with Crippen molar-refractivity contribution in [2.75, 3.05) is 33.7 Å². The summed E-state index contributed by atoms with van der Waals surface area (Å²) in [5, 5.41) is 6.43. The molecule has 19 heavy (non-hydrogen) atoms. The SMILES string of the molecule is CNC(CC1CNCCN1C)c1cc(F)ccc1F. The Labute approximate surface area is 113 Å². The molecule has 5 heteroatoms. The van der Waals surface area contributed by atoms with Gasteiger partial charge in [0.2, 0.25) is 0 Å². The van der Waals surface area contributed by atoms with Gasteiger partial charge in [-0.05, 0) is 38.7 Å². The molecule has 0 bridgehead atoms. The van der Waals surface area contributed by atoms with Gasteiger partial charge in [-0.2, -0.15) is 0 Å². The molecule has 2 unspecified atom stereocenters. The summed E-state index contributed by atoms with van der Waals surface area (Å²) in [5.74, 6) is -0.751. The summed E-state index contributed by atoms with van der Waals surface area (Å²) >= 11 is 0. The standard InChI is InChI=1S/C14H21F2N3/c1-17-14(8-11-9-18-5-6-19(11)2)12-7-10(15)3-4-13(12)16/h3-4,7,11,14,17-18H,5-6,8-9H2,1-2H3. The molecule has 106 valence electrons. The Balaban J connectivity index is 2.13. The van der Waals surface area contributed by atoms with Crippen LogP contribution in [0, 0.1) is 11.6 Å². The number of nitrogens with one attached hydrogen (secondary N) is 2. The van der Waals surface area contributed by atoms with Gasteiger partial charge in [0.15, 0.2) is 0 Å². The van der Waals surface area contributed by atoms with E-state index in [2.05, 4.69) is 22.6 Å². The van der Waals surface area contributed by atoms with E-state index in [0.717, 1.165) is 32.1 Å². The van der Waals surface area contributed by atoms with E-state index >= 15 is 0 Å². The van der Waals surface area contributed by atoms with Gasteiger partial charge in [0.1, 0.15) is 11.6 Å². The maximum atomic E-state index is 13.8. The molecule has 2 N–H and O–H groups in total. The number of piperazine rings is 1. The van der Waals surface area contributed by atoms with Gasteiger partial charge in [0, 0.05) is 37.3 Å². The molecule has 2 atom stereocenters. The molecule has 0 aromatic heterocycles. The minimum atomic E-state index is -0.397.